The summed E-state index contributed by atoms with van der Waals surface area (Å²) in [6, 6.07) is 9.21. The lowest BCUT2D eigenvalue weighted by atomic mass is 10.0. The number of halogens is 4. The van der Waals surface area contributed by atoms with Crippen molar-refractivity contribution in [2.24, 2.45) is 0 Å². The van der Waals surface area contributed by atoms with Gasteiger partial charge in [-0.05, 0) is 37.3 Å². The van der Waals surface area contributed by atoms with E-state index in [0.29, 0.717) is 17.9 Å². The molecule has 0 aromatic heterocycles. The van der Waals surface area contributed by atoms with Gasteiger partial charge < -0.3 is 4.74 Å². The Hall–Kier alpha value is -0.940. The molecule has 0 amide bonds. The lowest BCUT2D eigenvalue weighted by Gasteiger charge is -2.17. The Morgan fingerprint density at radius 2 is 1.80 bits per heavy atom. The molecule has 1 atom stereocenters. The molecular formula is C15H12Br2F2O. The highest BCUT2D eigenvalue weighted by Crippen LogP contribution is 2.40. The zero-order valence-electron chi connectivity index (χ0n) is 10.7. The largest absolute Gasteiger partial charge is 0.494 e. The Morgan fingerprint density at radius 1 is 1.15 bits per heavy atom. The molecule has 1 nitrogen and oxygen atoms in total. The van der Waals surface area contributed by atoms with Crippen molar-refractivity contribution in [2.45, 2.75) is 11.8 Å². The molecule has 0 saturated carbocycles. The molecule has 0 bridgehead atoms. The van der Waals surface area contributed by atoms with Crippen molar-refractivity contribution < 1.29 is 13.5 Å². The number of ether oxygens (including phenoxy) is 1. The maximum absolute atomic E-state index is 13.9. The fourth-order valence-corrected chi connectivity index (χ4v) is 3.09. The van der Waals surface area contributed by atoms with Crippen LogP contribution in [0, 0.1) is 11.6 Å². The van der Waals surface area contributed by atoms with Crippen LogP contribution in [0.2, 0.25) is 0 Å². The topological polar surface area (TPSA) is 9.23 Å². The van der Waals surface area contributed by atoms with Crippen LogP contribution in [0.1, 0.15) is 22.9 Å². The average Bonchev–Trinajstić information content (AvgIpc) is 2.40. The van der Waals surface area contributed by atoms with Gasteiger partial charge in [0.1, 0.15) is 17.4 Å². The van der Waals surface area contributed by atoms with Crippen molar-refractivity contribution in [3.05, 3.63) is 63.6 Å². The second-order valence-corrected chi connectivity index (χ2v) is 5.94. The van der Waals surface area contributed by atoms with E-state index in [4.69, 9.17) is 4.74 Å². The van der Waals surface area contributed by atoms with Crippen LogP contribution < -0.4 is 4.74 Å². The minimum absolute atomic E-state index is 0.0217. The lowest BCUT2D eigenvalue weighted by Crippen LogP contribution is -2.04. The second kappa shape index (κ2) is 6.68. The van der Waals surface area contributed by atoms with E-state index >= 15 is 0 Å². The van der Waals surface area contributed by atoms with Crippen molar-refractivity contribution in [1.29, 1.82) is 0 Å². The molecule has 0 heterocycles. The summed E-state index contributed by atoms with van der Waals surface area (Å²) in [5.41, 5.74) is 0.650. The van der Waals surface area contributed by atoms with Crippen molar-refractivity contribution in [2.75, 3.05) is 6.61 Å². The summed E-state index contributed by atoms with van der Waals surface area (Å²) in [4.78, 5) is -0.622. The second-order valence-electron chi connectivity index (χ2n) is 4.11. The van der Waals surface area contributed by atoms with Gasteiger partial charge in [-0.1, -0.05) is 37.9 Å². The predicted molar refractivity (Wildman–Crippen MR) is 82.4 cm³/mol. The predicted octanol–water partition coefficient (Wildman–Crippen LogP) is 5.61. The molecule has 5 heteroatoms. The van der Waals surface area contributed by atoms with Crippen LogP contribution in [-0.2, 0) is 0 Å². The molecule has 2 rings (SSSR count). The van der Waals surface area contributed by atoms with Gasteiger partial charge in [-0.15, -0.1) is 0 Å². The fourth-order valence-electron chi connectivity index (χ4n) is 1.91. The van der Waals surface area contributed by atoms with Gasteiger partial charge in [0, 0.05) is 15.6 Å². The number of rotatable bonds is 4. The first-order chi connectivity index (χ1) is 9.54. The van der Waals surface area contributed by atoms with E-state index in [2.05, 4.69) is 31.9 Å². The smallest absolute Gasteiger partial charge is 0.130 e. The number of hydrogen-bond acceptors (Lipinski definition) is 1. The van der Waals surface area contributed by atoms with Crippen LogP contribution >= 0.6 is 31.9 Å². The van der Waals surface area contributed by atoms with Gasteiger partial charge in [0.15, 0.2) is 0 Å². The summed E-state index contributed by atoms with van der Waals surface area (Å²) in [6.45, 7) is 2.34. The van der Waals surface area contributed by atoms with E-state index in [1.165, 1.54) is 18.2 Å². The standard InChI is InChI=1S/C15H12Br2F2O/c1-2-20-13-7-6-9(16)8-10(13)15(17)14-11(18)4-3-5-12(14)19/h3-8,15H,2H2,1H3. The number of hydrogen-bond donors (Lipinski definition) is 0. The normalized spacial score (nSPS) is 12.2. The van der Waals surface area contributed by atoms with Crippen LogP contribution in [0.5, 0.6) is 5.75 Å². The van der Waals surface area contributed by atoms with Crippen molar-refractivity contribution >= 4 is 31.9 Å². The fraction of sp³-hybridized carbons (Fsp3) is 0.200. The van der Waals surface area contributed by atoms with Crippen molar-refractivity contribution in [3.63, 3.8) is 0 Å². The van der Waals surface area contributed by atoms with Crippen molar-refractivity contribution in [3.8, 4) is 5.75 Å². The molecule has 20 heavy (non-hydrogen) atoms. The lowest BCUT2D eigenvalue weighted by molar-refractivity contribution is 0.336. The van der Waals surface area contributed by atoms with Gasteiger partial charge in [0.25, 0.3) is 0 Å². The molecule has 0 spiro atoms. The van der Waals surface area contributed by atoms with Gasteiger partial charge in [-0.2, -0.15) is 0 Å². The Labute approximate surface area is 133 Å². The molecule has 0 fully saturated rings. The van der Waals surface area contributed by atoms with Crippen LogP contribution in [0.15, 0.2) is 40.9 Å². The maximum Gasteiger partial charge on any atom is 0.130 e. The Bertz CT molecular complexity index is 597. The highest BCUT2D eigenvalue weighted by atomic mass is 79.9. The molecule has 0 aliphatic heterocycles. The minimum Gasteiger partial charge on any atom is -0.494 e. The molecular weight excluding hydrogens is 394 g/mol. The molecule has 0 saturated heterocycles. The Kier molecular flexibility index (Phi) is 5.16. The van der Waals surface area contributed by atoms with Crippen LogP contribution in [0.4, 0.5) is 8.78 Å². The van der Waals surface area contributed by atoms with Crippen LogP contribution in [-0.4, -0.2) is 6.61 Å². The third-order valence-electron chi connectivity index (χ3n) is 2.80. The highest BCUT2D eigenvalue weighted by molar-refractivity contribution is 9.10. The third kappa shape index (κ3) is 3.20. The summed E-state index contributed by atoms with van der Waals surface area (Å²) >= 11 is 6.73. The number of benzene rings is 2. The van der Waals surface area contributed by atoms with Crippen molar-refractivity contribution in [1.82, 2.24) is 0 Å². The average molecular weight is 406 g/mol. The van der Waals surface area contributed by atoms with E-state index < -0.39 is 16.5 Å². The quantitative estimate of drug-likeness (QED) is 0.600. The summed E-state index contributed by atoms with van der Waals surface area (Å²) in [6.07, 6.45) is 0. The minimum atomic E-state index is -0.622. The highest BCUT2D eigenvalue weighted by Gasteiger charge is 2.22. The van der Waals surface area contributed by atoms with E-state index in [1.54, 1.807) is 12.1 Å². The van der Waals surface area contributed by atoms with Crippen LogP contribution in [0.3, 0.4) is 0 Å². The first kappa shape index (κ1) is 15.4. The summed E-state index contributed by atoms with van der Waals surface area (Å²) in [5, 5.41) is 0. The molecule has 2 aromatic rings. The molecule has 106 valence electrons. The Morgan fingerprint density at radius 3 is 2.40 bits per heavy atom. The molecule has 0 aliphatic carbocycles. The molecule has 1 unspecified atom stereocenters. The SMILES string of the molecule is CCOc1ccc(Br)cc1C(Br)c1c(F)cccc1F. The molecule has 2 aromatic carbocycles. The molecule has 0 aliphatic rings. The monoisotopic (exact) mass is 404 g/mol. The van der Waals surface area contributed by atoms with Gasteiger partial charge in [-0.3, -0.25) is 0 Å². The zero-order chi connectivity index (χ0) is 14.7. The van der Waals surface area contributed by atoms with Gasteiger partial charge >= 0.3 is 0 Å². The first-order valence-corrected chi connectivity index (χ1v) is 7.75. The number of alkyl halides is 1. The van der Waals surface area contributed by atoms with E-state index in [9.17, 15) is 8.78 Å². The van der Waals surface area contributed by atoms with Gasteiger partial charge in [-0.25, -0.2) is 8.78 Å². The Balaban J connectivity index is 2.52. The first-order valence-electron chi connectivity index (χ1n) is 6.04. The maximum atomic E-state index is 13.9. The van der Waals surface area contributed by atoms with E-state index in [1.807, 2.05) is 13.0 Å². The van der Waals surface area contributed by atoms with Gasteiger partial charge in [0.05, 0.1) is 11.4 Å². The third-order valence-corrected chi connectivity index (χ3v) is 4.24. The van der Waals surface area contributed by atoms with E-state index in [0.717, 1.165) is 4.47 Å². The molecule has 0 radical (unpaired) electrons. The summed E-state index contributed by atoms with van der Waals surface area (Å²) in [5.74, 6) is -0.580. The summed E-state index contributed by atoms with van der Waals surface area (Å²) in [7, 11) is 0. The van der Waals surface area contributed by atoms with Gasteiger partial charge in [0.2, 0.25) is 0 Å². The zero-order valence-corrected chi connectivity index (χ0v) is 13.8. The van der Waals surface area contributed by atoms with Crippen LogP contribution in [0.25, 0.3) is 0 Å². The summed E-state index contributed by atoms with van der Waals surface area (Å²) < 4.78 is 34.1. The van der Waals surface area contributed by atoms with E-state index in [-0.39, 0.29) is 5.56 Å². The molecule has 0 N–H and O–H groups in total.